The fourth-order valence-corrected chi connectivity index (χ4v) is 2.05. The number of anilines is 1. The first-order valence-electron chi connectivity index (χ1n) is 6.85. The van der Waals surface area contributed by atoms with Gasteiger partial charge in [0.25, 0.3) is 5.91 Å². The highest BCUT2D eigenvalue weighted by molar-refractivity contribution is 6.31. The van der Waals surface area contributed by atoms with Crippen molar-refractivity contribution in [1.82, 2.24) is 0 Å². The number of para-hydroxylation sites is 2. The molecule has 2 aromatic carbocycles. The molecule has 120 valence electrons. The first kappa shape index (κ1) is 16.8. The number of hydrogen-bond acceptors (Lipinski definition) is 4. The third kappa shape index (κ3) is 4.20. The topological polar surface area (TPSA) is 81.5 Å². The number of amides is 1. The Hall–Kier alpha value is -2.60. The number of rotatable bonds is 5. The molecule has 0 aromatic heterocycles. The lowest BCUT2D eigenvalue weighted by Gasteiger charge is -2.15. The lowest BCUT2D eigenvalue weighted by Crippen LogP contribution is -2.30. The molecule has 0 bridgehead atoms. The van der Waals surface area contributed by atoms with Gasteiger partial charge in [-0.15, -0.1) is 0 Å². The zero-order valence-electron chi connectivity index (χ0n) is 12.6. The van der Waals surface area contributed by atoms with E-state index in [2.05, 4.69) is 5.32 Å². The zero-order chi connectivity index (χ0) is 17.0. The van der Waals surface area contributed by atoms with Gasteiger partial charge in [0, 0.05) is 16.8 Å². The average Bonchev–Trinajstić information content (AvgIpc) is 2.51. The third-order valence-corrected chi connectivity index (χ3v) is 3.58. The molecule has 1 N–H and O–H groups in total. The van der Waals surface area contributed by atoms with Crippen LogP contribution in [0.15, 0.2) is 42.5 Å². The molecule has 0 fully saturated rings. The van der Waals surface area contributed by atoms with Crippen molar-refractivity contribution in [3.05, 3.63) is 63.2 Å². The number of ether oxygens (including phenoxy) is 1. The molecule has 1 atom stereocenters. The van der Waals surface area contributed by atoms with Crippen molar-refractivity contribution >= 4 is 28.9 Å². The number of nitro groups is 1. The molecule has 0 spiro atoms. The van der Waals surface area contributed by atoms with Gasteiger partial charge in [-0.25, -0.2) is 0 Å². The average molecular weight is 335 g/mol. The largest absolute Gasteiger partial charge is 0.474 e. The molecule has 7 heteroatoms. The monoisotopic (exact) mass is 334 g/mol. The van der Waals surface area contributed by atoms with Crippen LogP contribution in [-0.2, 0) is 4.79 Å². The Balaban J connectivity index is 2.08. The lowest BCUT2D eigenvalue weighted by atomic mass is 10.2. The highest BCUT2D eigenvalue weighted by Gasteiger charge is 2.20. The molecule has 1 amide bonds. The predicted octanol–water partition coefficient (Wildman–Crippen LogP) is 3.96. The Labute approximate surface area is 138 Å². The third-order valence-electron chi connectivity index (χ3n) is 3.17. The molecule has 0 radical (unpaired) electrons. The summed E-state index contributed by atoms with van der Waals surface area (Å²) < 4.78 is 5.41. The van der Waals surface area contributed by atoms with Crippen LogP contribution in [0.1, 0.15) is 12.5 Å². The molecule has 0 saturated carbocycles. The summed E-state index contributed by atoms with van der Waals surface area (Å²) in [5, 5.41) is 14.1. The Bertz CT molecular complexity index is 749. The summed E-state index contributed by atoms with van der Waals surface area (Å²) in [4.78, 5) is 22.5. The van der Waals surface area contributed by atoms with Crippen LogP contribution in [0.3, 0.4) is 0 Å². The predicted molar refractivity (Wildman–Crippen MR) is 88.0 cm³/mol. The minimum Gasteiger partial charge on any atom is -0.474 e. The van der Waals surface area contributed by atoms with E-state index in [1.165, 1.54) is 25.1 Å². The molecule has 0 aliphatic carbocycles. The van der Waals surface area contributed by atoms with E-state index in [1.54, 1.807) is 24.3 Å². The molecule has 2 rings (SSSR count). The summed E-state index contributed by atoms with van der Waals surface area (Å²) >= 11 is 6.00. The van der Waals surface area contributed by atoms with Crippen LogP contribution in [0.25, 0.3) is 0 Å². The zero-order valence-corrected chi connectivity index (χ0v) is 13.3. The number of nitro benzene ring substituents is 1. The van der Waals surface area contributed by atoms with Gasteiger partial charge in [0.15, 0.2) is 11.9 Å². The number of hydrogen-bond donors (Lipinski definition) is 1. The number of carbonyl (C=O) groups excluding carboxylic acids is 1. The number of carbonyl (C=O) groups is 1. The van der Waals surface area contributed by atoms with Gasteiger partial charge < -0.3 is 10.1 Å². The molecule has 0 aliphatic rings. The number of nitrogens with one attached hydrogen (secondary N) is 1. The number of halogens is 1. The summed E-state index contributed by atoms with van der Waals surface area (Å²) in [5.74, 6) is -0.384. The van der Waals surface area contributed by atoms with Crippen molar-refractivity contribution in [3.63, 3.8) is 0 Å². The molecule has 1 unspecified atom stereocenters. The summed E-state index contributed by atoms with van der Waals surface area (Å²) in [6, 6.07) is 11.0. The highest BCUT2D eigenvalue weighted by Crippen LogP contribution is 2.27. The van der Waals surface area contributed by atoms with E-state index in [-0.39, 0.29) is 11.4 Å². The molecular formula is C16H15ClN2O4. The van der Waals surface area contributed by atoms with Crippen molar-refractivity contribution in [2.75, 3.05) is 5.32 Å². The van der Waals surface area contributed by atoms with Crippen molar-refractivity contribution in [2.24, 2.45) is 0 Å². The number of aryl methyl sites for hydroxylation is 1. The van der Waals surface area contributed by atoms with E-state index >= 15 is 0 Å². The normalized spacial score (nSPS) is 11.6. The van der Waals surface area contributed by atoms with Crippen LogP contribution >= 0.6 is 11.6 Å². The Kier molecular flexibility index (Phi) is 5.18. The van der Waals surface area contributed by atoms with Crippen molar-refractivity contribution in [2.45, 2.75) is 20.0 Å². The summed E-state index contributed by atoms with van der Waals surface area (Å²) in [5.41, 5.74) is 1.24. The van der Waals surface area contributed by atoms with E-state index in [4.69, 9.17) is 16.3 Å². The van der Waals surface area contributed by atoms with E-state index in [1.807, 2.05) is 6.92 Å². The second-order valence-electron chi connectivity index (χ2n) is 4.94. The van der Waals surface area contributed by atoms with Gasteiger partial charge in [-0.2, -0.15) is 0 Å². The second kappa shape index (κ2) is 7.11. The SMILES string of the molecule is Cc1ccc(NC(=O)C(C)Oc2ccccc2[N+](=O)[O-])cc1Cl. The maximum absolute atomic E-state index is 12.1. The van der Waals surface area contributed by atoms with Crippen molar-refractivity contribution in [1.29, 1.82) is 0 Å². The van der Waals surface area contributed by atoms with E-state index < -0.39 is 16.9 Å². The van der Waals surface area contributed by atoms with Gasteiger partial charge in [0.05, 0.1) is 4.92 Å². The van der Waals surface area contributed by atoms with Crippen LogP contribution in [0.4, 0.5) is 11.4 Å². The van der Waals surface area contributed by atoms with Crippen molar-refractivity contribution in [3.8, 4) is 5.75 Å². The summed E-state index contributed by atoms with van der Waals surface area (Å²) in [7, 11) is 0. The van der Waals surface area contributed by atoms with Gasteiger partial charge in [-0.3, -0.25) is 14.9 Å². The summed E-state index contributed by atoms with van der Waals surface area (Å²) in [6.07, 6.45) is -0.906. The van der Waals surface area contributed by atoms with E-state index in [0.717, 1.165) is 5.56 Å². The molecule has 2 aromatic rings. The Morgan fingerprint density at radius 2 is 2.00 bits per heavy atom. The highest BCUT2D eigenvalue weighted by atomic mass is 35.5. The second-order valence-corrected chi connectivity index (χ2v) is 5.35. The molecule has 0 aliphatic heterocycles. The van der Waals surface area contributed by atoms with Gasteiger partial charge in [0.1, 0.15) is 0 Å². The van der Waals surface area contributed by atoms with Gasteiger partial charge in [-0.1, -0.05) is 29.8 Å². The van der Waals surface area contributed by atoms with Gasteiger partial charge >= 0.3 is 5.69 Å². The number of benzene rings is 2. The van der Waals surface area contributed by atoms with Crippen LogP contribution in [0, 0.1) is 17.0 Å². The van der Waals surface area contributed by atoms with Crippen LogP contribution < -0.4 is 10.1 Å². The molecule has 23 heavy (non-hydrogen) atoms. The quantitative estimate of drug-likeness (QED) is 0.662. The fourth-order valence-electron chi connectivity index (χ4n) is 1.87. The van der Waals surface area contributed by atoms with Crippen LogP contribution in [0.5, 0.6) is 5.75 Å². The molecule has 6 nitrogen and oxygen atoms in total. The minimum absolute atomic E-state index is 0.0436. The lowest BCUT2D eigenvalue weighted by molar-refractivity contribution is -0.386. The van der Waals surface area contributed by atoms with Crippen LogP contribution in [-0.4, -0.2) is 16.9 Å². The van der Waals surface area contributed by atoms with Crippen molar-refractivity contribution < 1.29 is 14.5 Å². The Morgan fingerprint density at radius 3 is 2.65 bits per heavy atom. The molecule has 0 saturated heterocycles. The van der Waals surface area contributed by atoms with Gasteiger partial charge in [-0.05, 0) is 37.6 Å². The maximum atomic E-state index is 12.1. The van der Waals surface area contributed by atoms with E-state index in [0.29, 0.717) is 10.7 Å². The minimum atomic E-state index is -0.906. The Morgan fingerprint density at radius 1 is 1.30 bits per heavy atom. The summed E-state index contributed by atoms with van der Waals surface area (Å²) in [6.45, 7) is 3.37. The van der Waals surface area contributed by atoms with Gasteiger partial charge in [0.2, 0.25) is 0 Å². The first-order valence-corrected chi connectivity index (χ1v) is 7.23. The maximum Gasteiger partial charge on any atom is 0.310 e. The van der Waals surface area contributed by atoms with E-state index in [9.17, 15) is 14.9 Å². The standard InChI is InChI=1S/C16H15ClN2O4/c1-10-7-8-12(9-13(10)17)18-16(20)11(2)23-15-6-4-3-5-14(15)19(21)22/h3-9,11H,1-2H3,(H,18,20). The first-order chi connectivity index (χ1) is 10.9. The molecular weight excluding hydrogens is 320 g/mol. The molecule has 0 heterocycles. The number of nitrogens with zero attached hydrogens (tertiary/aromatic N) is 1. The fraction of sp³-hybridized carbons (Fsp3) is 0.188. The smallest absolute Gasteiger partial charge is 0.310 e. The van der Waals surface area contributed by atoms with Crippen LogP contribution in [0.2, 0.25) is 5.02 Å².